The zero-order valence-electron chi connectivity index (χ0n) is 15.7. The Morgan fingerprint density at radius 2 is 1.86 bits per heavy atom. The lowest BCUT2D eigenvalue weighted by atomic mass is 10.0. The molecule has 9 heteroatoms. The minimum Gasteiger partial charge on any atom is -0.380 e. The average molecular weight is 398 g/mol. The van der Waals surface area contributed by atoms with Crippen molar-refractivity contribution in [3.8, 4) is 0 Å². The molecule has 1 atom stereocenters. The first-order valence-electron chi connectivity index (χ1n) is 8.17. The summed E-state index contributed by atoms with van der Waals surface area (Å²) >= 11 is 0. The molecule has 0 saturated heterocycles. The van der Waals surface area contributed by atoms with Gasteiger partial charge in [-0.25, -0.2) is 9.83 Å². The standard InChI is InChI=1S/C18H21F3N4O2.CH4/c1-10-7-12-13(8-11(10)22-6)25(16(2,3)4)15(23-12)24-14(26)9-17(5,27)18(19,20)21;/h7-8,27H,9H2,1-5H3,(H,23,24,26);1H4/t17-;/m1./s1. The van der Waals surface area contributed by atoms with Gasteiger partial charge in [-0.3, -0.25) is 10.1 Å². The van der Waals surface area contributed by atoms with Crippen LogP contribution in [-0.4, -0.2) is 32.3 Å². The van der Waals surface area contributed by atoms with E-state index in [1.165, 1.54) is 0 Å². The Labute approximate surface area is 162 Å². The van der Waals surface area contributed by atoms with Gasteiger partial charge in [-0.05, 0) is 52.3 Å². The molecule has 0 radical (unpaired) electrons. The van der Waals surface area contributed by atoms with E-state index in [0.29, 0.717) is 29.2 Å². The molecule has 0 aliphatic heterocycles. The van der Waals surface area contributed by atoms with Gasteiger partial charge in [-0.1, -0.05) is 7.43 Å². The fourth-order valence-corrected chi connectivity index (χ4v) is 2.68. The molecule has 154 valence electrons. The molecule has 0 saturated carbocycles. The lowest BCUT2D eigenvalue weighted by Crippen LogP contribution is -2.45. The highest BCUT2D eigenvalue weighted by molar-refractivity contribution is 5.93. The third-order valence-electron chi connectivity index (χ3n) is 4.13. The number of aryl methyl sites for hydroxylation is 1. The molecule has 0 bridgehead atoms. The van der Waals surface area contributed by atoms with Gasteiger partial charge < -0.3 is 9.67 Å². The lowest BCUT2D eigenvalue weighted by Gasteiger charge is -2.27. The van der Waals surface area contributed by atoms with Gasteiger partial charge in [0.05, 0.1) is 24.0 Å². The number of hydrogen-bond acceptors (Lipinski definition) is 3. The quantitative estimate of drug-likeness (QED) is 0.721. The number of rotatable bonds is 3. The van der Waals surface area contributed by atoms with Gasteiger partial charge >= 0.3 is 6.18 Å². The van der Waals surface area contributed by atoms with Crippen molar-refractivity contribution in [3.63, 3.8) is 0 Å². The molecule has 1 heterocycles. The molecule has 2 rings (SSSR count). The predicted octanol–water partition coefficient (Wildman–Crippen LogP) is 4.93. The van der Waals surface area contributed by atoms with E-state index in [0.717, 1.165) is 0 Å². The molecule has 1 aromatic carbocycles. The summed E-state index contributed by atoms with van der Waals surface area (Å²) in [6.45, 7) is 15.1. The van der Waals surface area contributed by atoms with Crippen molar-refractivity contribution < 1.29 is 23.1 Å². The average Bonchev–Trinajstić information content (AvgIpc) is 2.80. The molecule has 0 aliphatic rings. The molecule has 2 N–H and O–H groups in total. The maximum absolute atomic E-state index is 12.8. The Morgan fingerprint density at radius 3 is 2.32 bits per heavy atom. The molecule has 0 spiro atoms. The van der Waals surface area contributed by atoms with Crippen LogP contribution < -0.4 is 5.32 Å². The van der Waals surface area contributed by atoms with Gasteiger partial charge in [-0.2, -0.15) is 13.2 Å². The van der Waals surface area contributed by atoms with E-state index in [9.17, 15) is 23.1 Å². The number of carbonyl (C=O) groups is 1. The zero-order chi connectivity index (χ0) is 20.8. The summed E-state index contributed by atoms with van der Waals surface area (Å²) in [4.78, 5) is 19.9. The third-order valence-corrected chi connectivity index (χ3v) is 4.13. The van der Waals surface area contributed by atoms with Crippen LogP contribution in [0.1, 0.15) is 47.1 Å². The molecule has 0 fully saturated rings. The summed E-state index contributed by atoms with van der Waals surface area (Å²) in [7, 11) is 0. The molecule has 6 nitrogen and oxygen atoms in total. The lowest BCUT2D eigenvalue weighted by molar-refractivity contribution is -0.253. The Morgan fingerprint density at radius 1 is 1.29 bits per heavy atom. The zero-order valence-corrected chi connectivity index (χ0v) is 15.7. The van der Waals surface area contributed by atoms with E-state index in [4.69, 9.17) is 6.57 Å². The highest BCUT2D eigenvalue weighted by Gasteiger charge is 2.51. The van der Waals surface area contributed by atoms with Crippen LogP contribution in [0, 0.1) is 13.5 Å². The molecular weight excluding hydrogens is 373 g/mol. The Kier molecular flexibility index (Phi) is 6.22. The third kappa shape index (κ3) is 4.44. The minimum atomic E-state index is -4.93. The largest absolute Gasteiger partial charge is 0.417 e. The normalized spacial score (nSPS) is 14.1. The highest BCUT2D eigenvalue weighted by atomic mass is 19.4. The van der Waals surface area contributed by atoms with Gasteiger partial charge in [0.15, 0.2) is 11.3 Å². The Hall–Kier alpha value is -2.60. The van der Waals surface area contributed by atoms with Gasteiger partial charge in [0.1, 0.15) is 0 Å². The van der Waals surface area contributed by atoms with Crippen LogP contribution in [0.4, 0.5) is 24.8 Å². The first kappa shape index (κ1) is 23.4. The summed E-state index contributed by atoms with van der Waals surface area (Å²) in [5.41, 5.74) is -1.51. The van der Waals surface area contributed by atoms with E-state index in [1.54, 1.807) is 23.6 Å². The van der Waals surface area contributed by atoms with E-state index < -0.39 is 29.6 Å². The molecular formula is C19H25F3N4O2. The van der Waals surface area contributed by atoms with E-state index in [-0.39, 0.29) is 13.4 Å². The van der Waals surface area contributed by atoms with Crippen LogP contribution in [0.5, 0.6) is 0 Å². The number of benzene rings is 1. The number of hydrogen-bond donors (Lipinski definition) is 2. The summed E-state index contributed by atoms with van der Waals surface area (Å²) < 4.78 is 40.1. The highest BCUT2D eigenvalue weighted by Crippen LogP contribution is 2.35. The number of fused-ring (bicyclic) bond motifs is 1. The fourth-order valence-electron chi connectivity index (χ4n) is 2.68. The van der Waals surface area contributed by atoms with Gasteiger partial charge in [0.25, 0.3) is 0 Å². The van der Waals surface area contributed by atoms with Crippen molar-refractivity contribution in [1.29, 1.82) is 0 Å². The molecule has 1 aromatic heterocycles. The van der Waals surface area contributed by atoms with Crippen molar-refractivity contribution in [2.75, 3.05) is 5.32 Å². The van der Waals surface area contributed by atoms with Crippen molar-refractivity contribution in [2.45, 2.75) is 65.8 Å². The number of aromatic nitrogens is 2. The summed E-state index contributed by atoms with van der Waals surface area (Å²) in [5, 5.41) is 11.9. The molecule has 0 unspecified atom stereocenters. The summed E-state index contributed by atoms with van der Waals surface area (Å²) in [6.07, 6.45) is -6.09. The van der Waals surface area contributed by atoms with Crippen molar-refractivity contribution in [2.24, 2.45) is 0 Å². The number of anilines is 1. The van der Waals surface area contributed by atoms with Crippen LogP contribution in [0.3, 0.4) is 0 Å². The van der Waals surface area contributed by atoms with Gasteiger partial charge in [0.2, 0.25) is 11.9 Å². The van der Waals surface area contributed by atoms with Crippen LogP contribution >= 0.6 is 0 Å². The monoisotopic (exact) mass is 398 g/mol. The maximum atomic E-state index is 12.8. The second-order valence-corrected chi connectivity index (χ2v) is 7.68. The van der Waals surface area contributed by atoms with Crippen molar-refractivity contribution >= 4 is 28.6 Å². The number of halogens is 3. The minimum absolute atomic E-state index is 0. The van der Waals surface area contributed by atoms with Crippen LogP contribution in [-0.2, 0) is 10.3 Å². The summed E-state index contributed by atoms with van der Waals surface area (Å²) in [6, 6.07) is 3.32. The topological polar surface area (TPSA) is 71.5 Å². The number of nitrogens with one attached hydrogen (secondary N) is 1. The Balaban J connectivity index is 0.00000392. The van der Waals surface area contributed by atoms with Crippen molar-refractivity contribution in [3.05, 3.63) is 29.1 Å². The first-order valence-corrected chi connectivity index (χ1v) is 8.17. The molecule has 28 heavy (non-hydrogen) atoms. The summed E-state index contributed by atoms with van der Waals surface area (Å²) in [5.74, 6) is -0.956. The number of alkyl halides is 3. The number of imidazole rings is 1. The van der Waals surface area contributed by atoms with Crippen LogP contribution in [0.25, 0.3) is 15.9 Å². The number of nitrogens with zero attached hydrogens (tertiary/aromatic N) is 3. The predicted molar refractivity (Wildman–Crippen MR) is 102 cm³/mol. The fraction of sp³-hybridized carbons (Fsp3) is 0.526. The molecule has 0 aliphatic carbocycles. The number of amides is 1. The number of carbonyl (C=O) groups excluding carboxylic acids is 1. The first-order chi connectivity index (χ1) is 12.2. The van der Waals surface area contributed by atoms with Crippen LogP contribution in [0.15, 0.2) is 12.1 Å². The van der Waals surface area contributed by atoms with E-state index in [1.807, 2.05) is 20.8 Å². The van der Waals surface area contributed by atoms with E-state index in [2.05, 4.69) is 15.1 Å². The molecule has 2 aromatic rings. The number of aliphatic hydroxyl groups is 1. The van der Waals surface area contributed by atoms with Crippen LogP contribution in [0.2, 0.25) is 0 Å². The smallest absolute Gasteiger partial charge is 0.380 e. The SMILES string of the molecule is C.[C-]#[N+]c1cc2c(cc1C)nc(NC(=O)C[C@@](C)(O)C(F)(F)F)n2C(C)(C)C. The van der Waals surface area contributed by atoms with E-state index >= 15 is 0 Å². The van der Waals surface area contributed by atoms with Gasteiger partial charge in [0, 0.05) is 5.54 Å². The second kappa shape index (κ2) is 7.43. The maximum Gasteiger partial charge on any atom is 0.417 e. The Bertz CT molecular complexity index is 932. The second-order valence-electron chi connectivity index (χ2n) is 7.68. The van der Waals surface area contributed by atoms with Gasteiger partial charge in [-0.15, -0.1) is 0 Å². The molecule has 1 amide bonds. The van der Waals surface area contributed by atoms with Crippen molar-refractivity contribution in [1.82, 2.24) is 9.55 Å².